The third-order valence-corrected chi connectivity index (χ3v) is 3.59. The third-order valence-electron chi connectivity index (χ3n) is 2.12. The second kappa shape index (κ2) is 5.95. The number of nitrogen functional groups attached to an aromatic ring is 1. The number of hydrogen-bond acceptors (Lipinski definition) is 7. The number of anilines is 1. The van der Waals surface area contributed by atoms with Gasteiger partial charge in [-0.1, -0.05) is 33.8 Å². The van der Waals surface area contributed by atoms with E-state index < -0.39 is 4.92 Å². The van der Waals surface area contributed by atoms with Gasteiger partial charge in [0, 0.05) is 9.37 Å². The Bertz CT molecular complexity index is 625. The van der Waals surface area contributed by atoms with E-state index in [2.05, 4.69) is 31.3 Å². The highest BCUT2D eigenvalue weighted by Gasteiger charge is 2.23. The summed E-state index contributed by atoms with van der Waals surface area (Å²) >= 11 is 4.51. The van der Waals surface area contributed by atoms with Crippen LogP contribution in [0.1, 0.15) is 0 Å². The number of halogens is 1. The van der Waals surface area contributed by atoms with Gasteiger partial charge >= 0.3 is 5.69 Å². The lowest BCUT2D eigenvalue weighted by Crippen LogP contribution is -2.11. The summed E-state index contributed by atoms with van der Waals surface area (Å²) in [6, 6.07) is 7.37. The Labute approximate surface area is 120 Å². The van der Waals surface area contributed by atoms with Gasteiger partial charge in [-0.2, -0.15) is 0 Å². The summed E-state index contributed by atoms with van der Waals surface area (Å²) in [6.45, 7) is 0. The number of rotatable bonds is 4. The molecule has 0 radical (unpaired) electrons. The first kappa shape index (κ1) is 13.7. The lowest BCUT2D eigenvalue weighted by Gasteiger charge is -2.05. The van der Waals surface area contributed by atoms with Crippen LogP contribution in [0.25, 0.3) is 0 Å². The molecule has 2 rings (SSSR count). The smallest absolute Gasteiger partial charge is 0.303 e. The summed E-state index contributed by atoms with van der Waals surface area (Å²) in [4.78, 5) is 19.0. The van der Waals surface area contributed by atoms with Crippen molar-refractivity contribution in [2.24, 2.45) is 5.84 Å². The zero-order chi connectivity index (χ0) is 13.8. The molecule has 0 saturated heterocycles. The number of benzene rings is 1. The molecule has 2 aromatic rings. The number of hydrogen-bond donors (Lipinski definition) is 2. The van der Waals surface area contributed by atoms with Crippen LogP contribution in [0.5, 0.6) is 0 Å². The zero-order valence-electron chi connectivity index (χ0n) is 9.41. The Morgan fingerprint density at radius 3 is 2.84 bits per heavy atom. The van der Waals surface area contributed by atoms with Crippen LogP contribution in [0.4, 0.5) is 11.5 Å². The van der Waals surface area contributed by atoms with Crippen molar-refractivity contribution in [2.45, 2.75) is 9.92 Å². The highest BCUT2D eigenvalue weighted by atomic mass is 79.9. The Morgan fingerprint density at radius 1 is 1.42 bits per heavy atom. The summed E-state index contributed by atoms with van der Waals surface area (Å²) < 4.78 is 0.881. The minimum Gasteiger partial charge on any atom is -0.303 e. The van der Waals surface area contributed by atoms with Crippen molar-refractivity contribution < 1.29 is 4.92 Å². The van der Waals surface area contributed by atoms with E-state index in [-0.39, 0.29) is 16.5 Å². The number of nitrogens with one attached hydrogen (secondary N) is 1. The molecule has 0 amide bonds. The number of nitrogens with zero attached hydrogens (tertiary/aromatic N) is 3. The number of nitrogens with two attached hydrogens (primary N) is 1. The summed E-state index contributed by atoms with van der Waals surface area (Å²) in [5.41, 5.74) is 1.96. The Balaban J connectivity index is 2.42. The summed E-state index contributed by atoms with van der Waals surface area (Å²) in [7, 11) is 0. The van der Waals surface area contributed by atoms with Crippen LogP contribution in [-0.2, 0) is 0 Å². The minimum atomic E-state index is -0.560. The first-order valence-corrected chi connectivity index (χ1v) is 6.62. The van der Waals surface area contributed by atoms with E-state index in [9.17, 15) is 10.1 Å². The molecule has 1 aromatic heterocycles. The maximum Gasteiger partial charge on any atom is 0.344 e. The summed E-state index contributed by atoms with van der Waals surface area (Å²) in [5, 5.41) is 11.3. The van der Waals surface area contributed by atoms with Gasteiger partial charge in [-0.25, -0.2) is 15.8 Å². The molecule has 0 aliphatic carbocycles. The van der Waals surface area contributed by atoms with Crippen LogP contribution < -0.4 is 11.3 Å². The molecule has 1 heterocycles. The van der Waals surface area contributed by atoms with Gasteiger partial charge in [0.2, 0.25) is 5.82 Å². The lowest BCUT2D eigenvalue weighted by molar-refractivity contribution is -0.387. The fraction of sp³-hybridized carbons (Fsp3) is 0. The Morgan fingerprint density at radius 2 is 2.21 bits per heavy atom. The van der Waals surface area contributed by atoms with Gasteiger partial charge in [-0.15, -0.1) is 0 Å². The zero-order valence-corrected chi connectivity index (χ0v) is 11.8. The molecule has 0 bridgehead atoms. The van der Waals surface area contributed by atoms with Gasteiger partial charge < -0.3 is 5.43 Å². The Kier molecular flexibility index (Phi) is 4.30. The van der Waals surface area contributed by atoms with Crippen LogP contribution in [0, 0.1) is 10.1 Å². The quantitative estimate of drug-likeness (QED) is 0.381. The van der Waals surface area contributed by atoms with E-state index in [0.29, 0.717) is 0 Å². The van der Waals surface area contributed by atoms with E-state index in [1.807, 2.05) is 24.3 Å². The van der Waals surface area contributed by atoms with E-state index in [1.54, 1.807) is 0 Å². The molecule has 0 spiro atoms. The molecule has 98 valence electrons. The molecule has 0 unspecified atom stereocenters. The third kappa shape index (κ3) is 3.19. The highest BCUT2D eigenvalue weighted by Crippen LogP contribution is 2.36. The molecule has 0 aliphatic heterocycles. The predicted molar refractivity (Wildman–Crippen MR) is 74.8 cm³/mol. The predicted octanol–water partition coefficient (Wildman–Crippen LogP) is 2.58. The monoisotopic (exact) mass is 341 g/mol. The first-order chi connectivity index (χ1) is 9.11. The van der Waals surface area contributed by atoms with E-state index in [1.165, 1.54) is 18.1 Å². The van der Waals surface area contributed by atoms with Crippen molar-refractivity contribution in [3.63, 3.8) is 0 Å². The Hall–Kier alpha value is -1.71. The maximum absolute atomic E-state index is 11.1. The number of aromatic nitrogens is 2. The molecular weight excluding hydrogens is 334 g/mol. The molecule has 0 fully saturated rings. The topological polar surface area (TPSA) is 107 Å². The molecule has 7 nitrogen and oxygen atoms in total. The van der Waals surface area contributed by atoms with Crippen LogP contribution in [0.2, 0.25) is 0 Å². The largest absolute Gasteiger partial charge is 0.344 e. The SMILES string of the molecule is NNc1ncnc(Sc2cccc(Br)c2)c1[N+](=O)[O-]. The average Bonchev–Trinajstić information content (AvgIpc) is 2.38. The fourth-order valence-electron chi connectivity index (χ4n) is 1.35. The molecule has 0 aliphatic rings. The van der Waals surface area contributed by atoms with E-state index in [4.69, 9.17) is 5.84 Å². The van der Waals surface area contributed by atoms with Gasteiger partial charge in [0.05, 0.1) is 4.92 Å². The van der Waals surface area contributed by atoms with Gasteiger partial charge in [-0.3, -0.25) is 10.1 Å². The molecule has 0 atom stereocenters. The van der Waals surface area contributed by atoms with E-state index >= 15 is 0 Å². The highest BCUT2D eigenvalue weighted by molar-refractivity contribution is 9.10. The van der Waals surface area contributed by atoms with Gasteiger partial charge in [0.15, 0.2) is 5.03 Å². The molecule has 9 heteroatoms. The van der Waals surface area contributed by atoms with E-state index in [0.717, 1.165) is 9.37 Å². The molecular formula is C10H8BrN5O2S. The molecule has 1 aromatic carbocycles. The molecule has 0 saturated carbocycles. The molecule has 19 heavy (non-hydrogen) atoms. The van der Waals surface area contributed by atoms with Gasteiger partial charge in [-0.05, 0) is 18.2 Å². The first-order valence-electron chi connectivity index (χ1n) is 5.01. The van der Waals surface area contributed by atoms with Crippen molar-refractivity contribution in [3.8, 4) is 0 Å². The lowest BCUT2D eigenvalue weighted by atomic mass is 10.4. The summed E-state index contributed by atoms with van der Waals surface area (Å²) in [6.07, 6.45) is 1.22. The fourth-order valence-corrected chi connectivity index (χ4v) is 2.82. The summed E-state index contributed by atoms with van der Waals surface area (Å²) in [5.74, 6) is 5.20. The van der Waals surface area contributed by atoms with Gasteiger partial charge in [0.1, 0.15) is 6.33 Å². The average molecular weight is 342 g/mol. The van der Waals surface area contributed by atoms with Crippen LogP contribution in [-0.4, -0.2) is 14.9 Å². The van der Waals surface area contributed by atoms with Crippen molar-refractivity contribution in [1.29, 1.82) is 0 Å². The standard InChI is InChI=1S/C10H8BrN5O2S/c11-6-2-1-3-7(4-6)19-10-8(16(17)18)9(15-12)13-5-14-10/h1-5H,12H2,(H,13,14,15). The van der Waals surface area contributed by atoms with Crippen molar-refractivity contribution in [3.05, 3.63) is 45.2 Å². The number of hydrazine groups is 1. The second-order valence-corrected chi connectivity index (χ2v) is 5.31. The normalized spacial score (nSPS) is 10.2. The van der Waals surface area contributed by atoms with Crippen molar-refractivity contribution in [1.82, 2.24) is 9.97 Å². The van der Waals surface area contributed by atoms with Crippen molar-refractivity contribution >= 4 is 39.2 Å². The van der Waals surface area contributed by atoms with Crippen LogP contribution in [0.15, 0.2) is 45.0 Å². The number of nitro groups is 1. The maximum atomic E-state index is 11.1. The van der Waals surface area contributed by atoms with Crippen molar-refractivity contribution in [2.75, 3.05) is 5.43 Å². The van der Waals surface area contributed by atoms with Gasteiger partial charge in [0.25, 0.3) is 0 Å². The van der Waals surface area contributed by atoms with Crippen LogP contribution >= 0.6 is 27.7 Å². The molecule has 3 N–H and O–H groups in total. The van der Waals surface area contributed by atoms with Crippen LogP contribution in [0.3, 0.4) is 0 Å². The second-order valence-electron chi connectivity index (χ2n) is 3.34. The minimum absolute atomic E-state index is 0.0162.